The second-order valence-corrected chi connectivity index (χ2v) is 15.7. The van der Waals surface area contributed by atoms with Crippen LogP contribution < -0.4 is 0 Å². The Hall–Kier alpha value is -0.283. The minimum Gasteiger partial charge on any atom is -0.502 e. The maximum Gasteiger partial charge on any atom is 0.192 e. The summed E-state index contributed by atoms with van der Waals surface area (Å²) in [5.74, 6) is 2.42. The van der Waals surface area contributed by atoms with Crippen LogP contribution >= 0.6 is 0 Å². The van der Waals surface area contributed by atoms with E-state index in [0.29, 0.717) is 16.6 Å². The monoisotopic (exact) mass is 394 g/mol. The van der Waals surface area contributed by atoms with Gasteiger partial charge in [0.25, 0.3) is 0 Å². The third kappa shape index (κ3) is 5.21. The van der Waals surface area contributed by atoms with Gasteiger partial charge in [0.15, 0.2) is 8.32 Å². The second kappa shape index (κ2) is 9.03. The molecule has 0 aliphatic heterocycles. The molecule has 5 atom stereocenters. The van der Waals surface area contributed by atoms with Crippen molar-refractivity contribution in [2.75, 3.05) is 6.61 Å². The van der Waals surface area contributed by atoms with Gasteiger partial charge in [0, 0.05) is 6.10 Å². The molecule has 2 rings (SSSR count). The summed E-state index contributed by atoms with van der Waals surface area (Å²) in [5, 5.41) is 0.305. The molecule has 0 bridgehead atoms. The Bertz CT molecular complexity index is 493. The third-order valence-electron chi connectivity index (χ3n) is 8.22. The molecule has 0 spiro atoms. The Morgan fingerprint density at radius 2 is 1.89 bits per heavy atom. The Balaban J connectivity index is 2.02. The van der Waals surface area contributed by atoms with Gasteiger partial charge in [-0.3, -0.25) is 0 Å². The highest BCUT2D eigenvalue weighted by Crippen LogP contribution is 2.59. The molecule has 0 aromatic rings. The number of rotatable bonds is 8. The molecule has 0 unspecified atom stereocenters. The highest BCUT2D eigenvalue weighted by molar-refractivity contribution is 6.74. The lowest BCUT2D eigenvalue weighted by atomic mass is 9.61. The van der Waals surface area contributed by atoms with Crippen LogP contribution in [0.1, 0.15) is 86.5 Å². The van der Waals surface area contributed by atoms with Crippen LogP contribution in [0.5, 0.6) is 0 Å². The molecule has 2 aliphatic carbocycles. The van der Waals surface area contributed by atoms with Crippen molar-refractivity contribution in [1.29, 1.82) is 0 Å². The quantitative estimate of drug-likeness (QED) is 0.312. The maximum atomic E-state index is 6.99. The molecule has 2 fully saturated rings. The molecule has 158 valence electrons. The van der Waals surface area contributed by atoms with Crippen molar-refractivity contribution in [2.24, 2.45) is 23.2 Å². The third-order valence-corrected chi connectivity index (χ3v) is 12.7. The SMILES string of the molecule is CCO/C=C/CC[C@H](C)[C@H]1CC[C@H]2[C@@H](O[Si](C)(C)C(C)(C)C)CCC[C@]12C. The lowest BCUT2D eigenvalue weighted by Gasteiger charge is -2.50. The molecule has 3 heteroatoms. The molecule has 0 radical (unpaired) electrons. The summed E-state index contributed by atoms with van der Waals surface area (Å²) < 4.78 is 12.3. The van der Waals surface area contributed by atoms with Crippen LogP contribution in [0.2, 0.25) is 18.1 Å². The van der Waals surface area contributed by atoms with E-state index in [1.165, 1.54) is 38.5 Å². The molecule has 2 saturated carbocycles. The number of ether oxygens (including phenoxy) is 1. The first-order valence-corrected chi connectivity index (χ1v) is 14.4. The first kappa shape index (κ1) is 23.0. The summed E-state index contributed by atoms with van der Waals surface area (Å²) >= 11 is 0. The molecule has 0 N–H and O–H groups in total. The predicted octanol–water partition coefficient (Wildman–Crippen LogP) is 7.56. The number of allylic oxidation sites excluding steroid dienone is 1. The van der Waals surface area contributed by atoms with Crippen LogP contribution in [-0.2, 0) is 9.16 Å². The standard InChI is InChI=1S/C24H46O2Si/c1-9-25-18-11-10-13-19(2)20-15-16-21-22(14-12-17-24(20,21)6)26-27(7,8)23(3,4)5/h11,18-22H,9-10,12-17H2,1-8H3/b18-11+/t19-,20+,21-,22-,24+/m0/s1. The smallest absolute Gasteiger partial charge is 0.192 e. The zero-order valence-electron chi connectivity index (χ0n) is 19.4. The van der Waals surface area contributed by atoms with E-state index in [1.54, 1.807) is 0 Å². The molecule has 27 heavy (non-hydrogen) atoms. The largest absolute Gasteiger partial charge is 0.502 e. The Morgan fingerprint density at radius 3 is 2.52 bits per heavy atom. The minimum absolute atomic E-state index is 0.305. The summed E-state index contributed by atoms with van der Waals surface area (Å²) in [7, 11) is -1.69. The Labute approximate surface area is 170 Å². The minimum atomic E-state index is -1.69. The molecule has 0 aromatic carbocycles. The van der Waals surface area contributed by atoms with Gasteiger partial charge in [-0.2, -0.15) is 0 Å². The normalized spacial score (nSPS) is 33.3. The predicted molar refractivity (Wildman–Crippen MR) is 119 cm³/mol. The lowest BCUT2D eigenvalue weighted by Crippen LogP contribution is -2.50. The van der Waals surface area contributed by atoms with Crippen molar-refractivity contribution < 1.29 is 9.16 Å². The average Bonchev–Trinajstić information content (AvgIpc) is 2.91. The van der Waals surface area contributed by atoms with Gasteiger partial charge in [-0.15, -0.1) is 0 Å². The van der Waals surface area contributed by atoms with Gasteiger partial charge in [-0.1, -0.05) is 41.0 Å². The molecule has 0 heterocycles. The van der Waals surface area contributed by atoms with Gasteiger partial charge in [0.1, 0.15) is 0 Å². The summed E-state index contributed by atoms with van der Waals surface area (Å²) in [5.41, 5.74) is 0.480. The number of hydrogen-bond acceptors (Lipinski definition) is 2. The summed E-state index contributed by atoms with van der Waals surface area (Å²) in [6.07, 6.45) is 13.8. The Kier molecular flexibility index (Phi) is 7.69. The fourth-order valence-electron chi connectivity index (χ4n) is 5.58. The molecule has 2 aliphatic rings. The second-order valence-electron chi connectivity index (χ2n) is 11.0. The van der Waals surface area contributed by atoms with E-state index >= 15 is 0 Å². The van der Waals surface area contributed by atoms with Crippen LogP contribution in [0.15, 0.2) is 12.3 Å². The van der Waals surface area contributed by atoms with Gasteiger partial charge in [0.2, 0.25) is 0 Å². The van der Waals surface area contributed by atoms with Crippen LogP contribution in [0, 0.1) is 23.2 Å². The first-order valence-electron chi connectivity index (χ1n) is 11.5. The van der Waals surface area contributed by atoms with E-state index in [-0.39, 0.29) is 0 Å². The summed E-state index contributed by atoms with van der Waals surface area (Å²) in [6, 6.07) is 0. The van der Waals surface area contributed by atoms with Gasteiger partial charge >= 0.3 is 0 Å². The average molecular weight is 395 g/mol. The lowest BCUT2D eigenvalue weighted by molar-refractivity contribution is -0.0209. The fourth-order valence-corrected chi connectivity index (χ4v) is 6.98. The van der Waals surface area contributed by atoms with Gasteiger partial charge < -0.3 is 9.16 Å². The highest BCUT2D eigenvalue weighted by Gasteiger charge is 2.54. The van der Waals surface area contributed by atoms with Crippen LogP contribution in [0.25, 0.3) is 0 Å². The zero-order chi connectivity index (χ0) is 20.3. The molecule has 0 aromatic heterocycles. The fraction of sp³-hybridized carbons (Fsp3) is 0.917. The molecular weight excluding hydrogens is 348 g/mol. The summed E-state index contributed by atoms with van der Waals surface area (Å²) in [4.78, 5) is 0. The van der Waals surface area contributed by atoms with E-state index in [1.807, 2.05) is 13.2 Å². The van der Waals surface area contributed by atoms with Crippen molar-refractivity contribution in [3.8, 4) is 0 Å². The van der Waals surface area contributed by atoms with E-state index < -0.39 is 8.32 Å². The summed E-state index contributed by atoms with van der Waals surface area (Å²) in [6.45, 7) is 19.9. The van der Waals surface area contributed by atoms with Gasteiger partial charge in [0.05, 0.1) is 12.9 Å². The van der Waals surface area contributed by atoms with Crippen molar-refractivity contribution in [3.05, 3.63) is 12.3 Å². The van der Waals surface area contributed by atoms with Crippen molar-refractivity contribution >= 4 is 8.32 Å². The van der Waals surface area contributed by atoms with Crippen LogP contribution in [0.3, 0.4) is 0 Å². The maximum absolute atomic E-state index is 6.99. The highest BCUT2D eigenvalue weighted by atomic mass is 28.4. The molecular formula is C24H46O2Si. The zero-order valence-corrected chi connectivity index (χ0v) is 20.4. The van der Waals surface area contributed by atoms with Crippen LogP contribution in [0.4, 0.5) is 0 Å². The van der Waals surface area contributed by atoms with Gasteiger partial charge in [-0.05, 0) is 92.8 Å². The Morgan fingerprint density at radius 1 is 1.19 bits per heavy atom. The van der Waals surface area contributed by atoms with Crippen molar-refractivity contribution in [3.63, 3.8) is 0 Å². The van der Waals surface area contributed by atoms with E-state index in [9.17, 15) is 0 Å². The van der Waals surface area contributed by atoms with Gasteiger partial charge in [-0.25, -0.2) is 0 Å². The van der Waals surface area contributed by atoms with E-state index in [4.69, 9.17) is 9.16 Å². The van der Waals surface area contributed by atoms with E-state index in [2.05, 4.69) is 53.8 Å². The van der Waals surface area contributed by atoms with Crippen molar-refractivity contribution in [1.82, 2.24) is 0 Å². The molecule has 0 saturated heterocycles. The first-order chi connectivity index (χ1) is 12.5. The van der Waals surface area contributed by atoms with E-state index in [0.717, 1.165) is 30.8 Å². The number of hydrogen-bond donors (Lipinski definition) is 0. The molecule has 2 nitrogen and oxygen atoms in total. The topological polar surface area (TPSA) is 18.5 Å². The number of fused-ring (bicyclic) bond motifs is 1. The van der Waals surface area contributed by atoms with Crippen LogP contribution in [-0.4, -0.2) is 21.0 Å². The molecule has 0 amide bonds. The van der Waals surface area contributed by atoms with Crippen molar-refractivity contribution in [2.45, 2.75) is 111 Å².